The van der Waals surface area contributed by atoms with Crippen LogP contribution in [0.5, 0.6) is 0 Å². The second-order valence-electron chi connectivity index (χ2n) is 4.93. The lowest BCUT2D eigenvalue weighted by Gasteiger charge is -2.33. The first-order valence-electron chi connectivity index (χ1n) is 6.27. The largest absolute Gasteiger partial charge is 0.391 e. The summed E-state index contributed by atoms with van der Waals surface area (Å²) >= 11 is 5.79. The van der Waals surface area contributed by atoms with Crippen LogP contribution in [-0.2, 0) is 0 Å². The zero-order valence-corrected chi connectivity index (χ0v) is 11.6. The zero-order valence-electron chi connectivity index (χ0n) is 10.9. The van der Waals surface area contributed by atoms with Gasteiger partial charge in [-0.05, 0) is 31.9 Å². The number of amides is 1. The van der Waals surface area contributed by atoms with Crippen LogP contribution < -0.4 is 0 Å². The van der Waals surface area contributed by atoms with E-state index in [0.29, 0.717) is 11.3 Å². The van der Waals surface area contributed by atoms with Crippen LogP contribution in [0.25, 0.3) is 0 Å². The molecule has 0 unspecified atom stereocenters. The lowest BCUT2D eigenvalue weighted by atomic mass is 9.96. The quantitative estimate of drug-likeness (QED) is 0.745. The number of pyridine rings is 1. The van der Waals surface area contributed by atoms with E-state index < -0.39 is 12.1 Å². The number of likely N-dealkylation sites (tertiary alicyclic amines) is 1. The second-order valence-corrected chi connectivity index (χ2v) is 5.32. The summed E-state index contributed by atoms with van der Waals surface area (Å²) in [5, 5.41) is 0.207. The van der Waals surface area contributed by atoms with E-state index in [-0.39, 0.29) is 37.0 Å². The Morgan fingerprint density at radius 3 is 2.45 bits per heavy atom. The summed E-state index contributed by atoms with van der Waals surface area (Å²) in [6.07, 6.45) is -4.27. The van der Waals surface area contributed by atoms with Crippen LogP contribution in [0, 0.1) is 12.8 Å². The Morgan fingerprint density at radius 1 is 1.35 bits per heavy atom. The molecule has 0 aromatic carbocycles. The number of halogens is 4. The number of nitrogens with zero attached hydrogens (tertiary/aromatic N) is 2. The van der Waals surface area contributed by atoms with Gasteiger partial charge in [0.2, 0.25) is 0 Å². The minimum Gasteiger partial charge on any atom is -0.339 e. The van der Waals surface area contributed by atoms with Crippen LogP contribution in [0.1, 0.15) is 28.9 Å². The van der Waals surface area contributed by atoms with Crippen molar-refractivity contribution in [2.24, 2.45) is 5.92 Å². The highest BCUT2D eigenvalue weighted by atomic mass is 35.5. The number of carbonyl (C=O) groups is 1. The van der Waals surface area contributed by atoms with Crippen LogP contribution in [0.3, 0.4) is 0 Å². The molecule has 0 radical (unpaired) electrons. The fourth-order valence-electron chi connectivity index (χ4n) is 2.34. The average Bonchev–Trinajstić information content (AvgIpc) is 2.36. The summed E-state index contributed by atoms with van der Waals surface area (Å²) in [6, 6.07) is 3.02. The predicted molar refractivity (Wildman–Crippen MR) is 68.7 cm³/mol. The molecule has 0 atom stereocenters. The van der Waals surface area contributed by atoms with E-state index in [4.69, 9.17) is 11.6 Å². The van der Waals surface area contributed by atoms with Crippen molar-refractivity contribution in [1.29, 1.82) is 0 Å². The SMILES string of the molecule is Cc1cc(C(=O)N2CCC(C(F)(F)F)CC2)cc(Cl)n1. The average molecular weight is 307 g/mol. The molecule has 1 aliphatic rings. The minimum absolute atomic E-state index is 0.0486. The Morgan fingerprint density at radius 2 is 1.95 bits per heavy atom. The van der Waals surface area contributed by atoms with Crippen molar-refractivity contribution in [3.63, 3.8) is 0 Å². The highest BCUT2D eigenvalue weighted by molar-refractivity contribution is 6.29. The number of aromatic nitrogens is 1. The van der Waals surface area contributed by atoms with Gasteiger partial charge in [0, 0.05) is 24.3 Å². The molecule has 0 aliphatic carbocycles. The smallest absolute Gasteiger partial charge is 0.339 e. The van der Waals surface area contributed by atoms with Gasteiger partial charge >= 0.3 is 6.18 Å². The summed E-state index contributed by atoms with van der Waals surface area (Å²) in [4.78, 5) is 17.6. The summed E-state index contributed by atoms with van der Waals surface area (Å²) < 4.78 is 37.7. The van der Waals surface area contributed by atoms with Crippen molar-refractivity contribution in [2.75, 3.05) is 13.1 Å². The maximum atomic E-state index is 12.6. The number of piperidine rings is 1. The van der Waals surface area contributed by atoms with Crippen molar-refractivity contribution in [1.82, 2.24) is 9.88 Å². The van der Waals surface area contributed by atoms with Crippen molar-refractivity contribution in [3.8, 4) is 0 Å². The van der Waals surface area contributed by atoms with E-state index in [1.54, 1.807) is 13.0 Å². The van der Waals surface area contributed by atoms with Crippen molar-refractivity contribution in [3.05, 3.63) is 28.5 Å². The fraction of sp³-hybridized carbons (Fsp3) is 0.538. The molecule has 1 fully saturated rings. The number of carbonyl (C=O) groups excluding carboxylic acids is 1. The molecule has 0 N–H and O–H groups in total. The molecule has 110 valence electrons. The van der Waals surface area contributed by atoms with Gasteiger partial charge in [-0.15, -0.1) is 0 Å². The third-order valence-corrected chi connectivity index (χ3v) is 3.61. The zero-order chi connectivity index (χ0) is 14.9. The Hall–Kier alpha value is -1.30. The number of hydrogen-bond donors (Lipinski definition) is 0. The van der Waals surface area contributed by atoms with Gasteiger partial charge in [-0.3, -0.25) is 4.79 Å². The minimum atomic E-state index is -4.17. The maximum Gasteiger partial charge on any atom is 0.391 e. The first-order chi connectivity index (χ1) is 9.27. The van der Waals surface area contributed by atoms with E-state index in [0.717, 1.165) is 0 Å². The van der Waals surface area contributed by atoms with Crippen molar-refractivity contribution < 1.29 is 18.0 Å². The molecule has 2 heterocycles. The van der Waals surface area contributed by atoms with Gasteiger partial charge in [0.05, 0.1) is 5.92 Å². The van der Waals surface area contributed by atoms with Crippen LogP contribution in [-0.4, -0.2) is 35.1 Å². The summed E-state index contributed by atoms with van der Waals surface area (Å²) in [5.41, 5.74) is 0.971. The highest BCUT2D eigenvalue weighted by Crippen LogP contribution is 2.34. The maximum absolute atomic E-state index is 12.6. The number of alkyl halides is 3. The molecule has 0 spiro atoms. The molecule has 0 saturated carbocycles. The van der Waals surface area contributed by atoms with Crippen LogP contribution in [0.15, 0.2) is 12.1 Å². The van der Waals surface area contributed by atoms with Crippen LogP contribution in [0.4, 0.5) is 13.2 Å². The van der Waals surface area contributed by atoms with E-state index in [9.17, 15) is 18.0 Å². The van der Waals surface area contributed by atoms with E-state index in [2.05, 4.69) is 4.98 Å². The van der Waals surface area contributed by atoms with Crippen LogP contribution >= 0.6 is 11.6 Å². The Balaban J connectivity index is 2.05. The summed E-state index contributed by atoms with van der Waals surface area (Å²) in [6.45, 7) is 1.93. The van der Waals surface area contributed by atoms with Gasteiger partial charge in [-0.25, -0.2) is 4.98 Å². The van der Waals surface area contributed by atoms with E-state index in [1.807, 2.05) is 0 Å². The number of hydrogen-bond acceptors (Lipinski definition) is 2. The lowest BCUT2D eigenvalue weighted by Crippen LogP contribution is -2.42. The Bertz CT molecular complexity index is 491. The van der Waals surface area contributed by atoms with Crippen LogP contribution in [0.2, 0.25) is 5.15 Å². The standard InChI is InChI=1S/C13H14ClF3N2O/c1-8-6-9(7-11(14)18-8)12(20)19-4-2-10(3-5-19)13(15,16)17/h6-7,10H,2-5H2,1H3. The van der Waals surface area contributed by atoms with Gasteiger partial charge in [0.15, 0.2) is 0 Å². The molecule has 3 nitrogen and oxygen atoms in total. The van der Waals surface area contributed by atoms with E-state index >= 15 is 0 Å². The third-order valence-electron chi connectivity index (χ3n) is 3.41. The predicted octanol–water partition coefficient (Wildman–Crippen LogP) is 3.46. The molecule has 20 heavy (non-hydrogen) atoms. The van der Waals surface area contributed by atoms with Gasteiger partial charge in [-0.1, -0.05) is 11.6 Å². The van der Waals surface area contributed by atoms with Gasteiger partial charge in [0.25, 0.3) is 5.91 Å². The molecule has 1 aliphatic heterocycles. The molecular formula is C13H14ClF3N2O. The molecule has 1 saturated heterocycles. The normalized spacial score (nSPS) is 17.4. The second kappa shape index (κ2) is 5.60. The molecule has 1 amide bonds. The molecule has 1 aromatic rings. The highest BCUT2D eigenvalue weighted by Gasteiger charge is 2.41. The van der Waals surface area contributed by atoms with Crippen molar-refractivity contribution >= 4 is 17.5 Å². The Kier molecular flexibility index (Phi) is 4.22. The monoisotopic (exact) mass is 306 g/mol. The topological polar surface area (TPSA) is 33.2 Å². The fourth-order valence-corrected chi connectivity index (χ4v) is 2.59. The lowest BCUT2D eigenvalue weighted by molar-refractivity contribution is -0.183. The Labute approximate surface area is 119 Å². The van der Waals surface area contributed by atoms with Gasteiger partial charge in [-0.2, -0.15) is 13.2 Å². The first-order valence-corrected chi connectivity index (χ1v) is 6.65. The summed E-state index contributed by atoms with van der Waals surface area (Å²) in [5.74, 6) is -1.60. The number of aryl methyl sites for hydroxylation is 1. The van der Waals surface area contributed by atoms with Gasteiger partial charge < -0.3 is 4.90 Å². The molecule has 0 bridgehead atoms. The molecule has 7 heteroatoms. The molecule has 1 aromatic heterocycles. The number of rotatable bonds is 1. The van der Waals surface area contributed by atoms with Crippen molar-refractivity contribution in [2.45, 2.75) is 25.9 Å². The molecular weight excluding hydrogens is 293 g/mol. The van der Waals surface area contributed by atoms with E-state index in [1.165, 1.54) is 11.0 Å². The molecule has 2 rings (SSSR count). The summed E-state index contributed by atoms with van der Waals surface area (Å²) in [7, 11) is 0. The van der Waals surface area contributed by atoms with Gasteiger partial charge in [0.1, 0.15) is 5.15 Å². The first kappa shape index (κ1) is 15.1. The third kappa shape index (κ3) is 3.42.